The third-order valence-electron chi connectivity index (χ3n) is 4.49. The molecule has 1 aromatic carbocycles. The van der Waals surface area contributed by atoms with Crippen LogP contribution in [0.4, 0.5) is 14.9 Å². The maximum Gasteiger partial charge on any atom is 0.414 e. The van der Waals surface area contributed by atoms with Crippen molar-refractivity contribution < 1.29 is 18.7 Å². The molecule has 0 unspecified atom stereocenters. The van der Waals surface area contributed by atoms with Gasteiger partial charge in [-0.15, -0.1) is 0 Å². The molecule has 0 spiro atoms. The second-order valence-electron chi connectivity index (χ2n) is 6.38. The van der Waals surface area contributed by atoms with E-state index in [0.29, 0.717) is 37.4 Å². The van der Waals surface area contributed by atoms with Crippen molar-refractivity contribution >= 4 is 23.6 Å². The number of anilines is 1. The van der Waals surface area contributed by atoms with Crippen LogP contribution in [-0.4, -0.2) is 54.0 Å². The van der Waals surface area contributed by atoms with Crippen LogP contribution in [0.15, 0.2) is 42.7 Å². The van der Waals surface area contributed by atoms with Crippen molar-refractivity contribution in [3.05, 3.63) is 59.7 Å². The Kier molecular flexibility index (Phi) is 6.22. The molecule has 1 aliphatic heterocycles. The molecule has 4 N–H and O–H groups in total. The van der Waals surface area contributed by atoms with Crippen LogP contribution in [0.3, 0.4) is 0 Å². The number of ether oxygens (including phenoxy) is 1. The molecule has 1 aliphatic rings. The predicted molar refractivity (Wildman–Crippen MR) is 104 cm³/mol. The summed E-state index contributed by atoms with van der Waals surface area (Å²) in [6.45, 7) is 1.58. The van der Waals surface area contributed by atoms with Crippen molar-refractivity contribution in [3.8, 4) is 0 Å². The number of carbonyl (C=O) groups excluding carboxylic acids is 2. The van der Waals surface area contributed by atoms with Crippen LogP contribution in [0, 0.1) is 11.2 Å². The molecule has 2 amide bonds. The quantitative estimate of drug-likeness (QED) is 0.525. The Balaban J connectivity index is 1.61. The van der Waals surface area contributed by atoms with Crippen LogP contribution in [0.25, 0.3) is 0 Å². The maximum atomic E-state index is 14.9. The maximum absolute atomic E-state index is 14.9. The number of hydrogen-bond donors (Lipinski definition) is 3. The summed E-state index contributed by atoms with van der Waals surface area (Å²) >= 11 is 0. The van der Waals surface area contributed by atoms with Gasteiger partial charge in [-0.2, -0.15) is 0 Å². The Morgan fingerprint density at radius 3 is 2.52 bits per heavy atom. The second kappa shape index (κ2) is 9.00. The number of nitrogens with one attached hydrogen (secondary N) is 2. The predicted octanol–water partition coefficient (Wildman–Crippen LogP) is 1.30. The van der Waals surface area contributed by atoms with E-state index < -0.39 is 17.9 Å². The number of piperazine rings is 1. The lowest BCUT2D eigenvalue weighted by Gasteiger charge is -2.36. The zero-order valence-electron chi connectivity index (χ0n) is 15.6. The summed E-state index contributed by atoms with van der Waals surface area (Å²) < 4.78 is 19.8. The number of amides is 2. The average Bonchev–Trinajstić information content (AvgIpc) is 2.73. The fourth-order valence-electron chi connectivity index (χ4n) is 3.04. The molecule has 3 rings (SSSR count). The monoisotopic (exact) mass is 400 g/mol. The van der Waals surface area contributed by atoms with Gasteiger partial charge in [0, 0.05) is 49.7 Å². The van der Waals surface area contributed by atoms with Crippen molar-refractivity contribution in [3.63, 3.8) is 0 Å². The van der Waals surface area contributed by atoms with Gasteiger partial charge < -0.3 is 20.3 Å². The van der Waals surface area contributed by atoms with Gasteiger partial charge in [0.1, 0.15) is 6.61 Å². The van der Waals surface area contributed by atoms with E-state index in [1.165, 1.54) is 6.07 Å². The van der Waals surface area contributed by atoms with E-state index in [-0.39, 0.29) is 18.1 Å². The Hall–Kier alpha value is -3.69. The van der Waals surface area contributed by atoms with Gasteiger partial charge in [0.05, 0.1) is 5.69 Å². The molecule has 1 saturated heterocycles. The number of carbonyl (C=O) groups is 2. The number of nitrogens with zero attached hydrogens (tertiary/aromatic N) is 3. The third-order valence-corrected chi connectivity index (χ3v) is 4.49. The highest BCUT2D eigenvalue weighted by Crippen LogP contribution is 2.24. The van der Waals surface area contributed by atoms with Gasteiger partial charge in [-0.3, -0.25) is 20.5 Å². The van der Waals surface area contributed by atoms with E-state index in [0.717, 1.165) is 0 Å². The summed E-state index contributed by atoms with van der Waals surface area (Å²) in [5.74, 6) is -1.12. The standard InChI is InChI=1S/C19H21FN6O3/c20-16-14(12-29-19(28)24-18(21)22)2-1-3-15(16)25-8-10-26(11-9-25)17(27)13-4-6-23-7-5-13/h1-7H,8-12H2,(H4,21,22,24,28). The highest BCUT2D eigenvalue weighted by molar-refractivity contribution is 5.94. The highest BCUT2D eigenvalue weighted by Gasteiger charge is 2.24. The first-order valence-corrected chi connectivity index (χ1v) is 8.95. The number of guanidine groups is 1. The first kappa shape index (κ1) is 20.1. The van der Waals surface area contributed by atoms with Gasteiger partial charge in [0.15, 0.2) is 11.8 Å². The van der Waals surface area contributed by atoms with Crippen LogP contribution >= 0.6 is 0 Å². The van der Waals surface area contributed by atoms with Crippen LogP contribution < -0.4 is 16.0 Å². The lowest BCUT2D eigenvalue weighted by Crippen LogP contribution is -2.49. The summed E-state index contributed by atoms with van der Waals surface area (Å²) in [4.78, 5) is 31.4. The second-order valence-corrected chi connectivity index (χ2v) is 6.38. The van der Waals surface area contributed by atoms with Crippen LogP contribution in [0.2, 0.25) is 0 Å². The number of pyridine rings is 1. The van der Waals surface area contributed by atoms with Crippen molar-refractivity contribution in [2.24, 2.45) is 5.73 Å². The Morgan fingerprint density at radius 1 is 1.17 bits per heavy atom. The SMILES string of the molecule is N=C(N)NC(=O)OCc1cccc(N2CCN(C(=O)c3ccncc3)CC2)c1F. The molecule has 1 aromatic heterocycles. The number of benzene rings is 1. The van der Waals surface area contributed by atoms with E-state index in [1.54, 1.807) is 41.6 Å². The summed E-state index contributed by atoms with van der Waals surface area (Å²) in [6.07, 6.45) is 2.22. The van der Waals surface area contributed by atoms with Gasteiger partial charge in [-0.1, -0.05) is 12.1 Å². The first-order chi connectivity index (χ1) is 14.0. The Labute approximate surface area is 166 Å². The van der Waals surface area contributed by atoms with Crippen molar-refractivity contribution in [1.82, 2.24) is 15.2 Å². The van der Waals surface area contributed by atoms with E-state index in [1.807, 2.05) is 10.2 Å². The van der Waals surface area contributed by atoms with Gasteiger partial charge in [-0.05, 0) is 18.2 Å². The molecule has 0 aliphatic carbocycles. The lowest BCUT2D eigenvalue weighted by atomic mass is 10.1. The van der Waals surface area contributed by atoms with E-state index in [2.05, 4.69) is 4.98 Å². The minimum Gasteiger partial charge on any atom is -0.444 e. The fraction of sp³-hybridized carbons (Fsp3) is 0.263. The van der Waals surface area contributed by atoms with E-state index in [4.69, 9.17) is 15.9 Å². The number of alkyl carbamates (subject to hydrolysis) is 1. The number of hydrogen-bond acceptors (Lipinski definition) is 6. The molecular formula is C19H21FN6O3. The number of rotatable bonds is 4. The molecule has 9 nitrogen and oxygen atoms in total. The smallest absolute Gasteiger partial charge is 0.414 e. The van der Waals surface area contributed by atoms with Gasteiger partial charge in [0.2, 0.25) is 0 Å². The molecule has 2 heterocycles. The molecule has 0 bridgehead atoms. The Morgan fingerprint density at radius 2 is 1.86 bits per heavy atom. The Bertz CT molecular complexity index is 900. The normalized spacial score (nSPS) is 13.7. The van der Waals surface area contributed by atoms with Gasteiger partial charge >= 0.3 is 6.09 Å². The summed E-state index contributed by atoms with van der Waals surface area (Å²) in [5, 5.41) is 8.94. The number of nitrogens with two attached hydrogens (primary N) is 1. The fourth-order valence-corrected chi connectivity index (χ4v) is 3.04. The van der Waals surface area contributed by atoms with Crippen LogP contribution in [0.5, 0.6) is 0 Å². The summed E-state index contributed by atoms with van der Waals surface area (Å²) in [6, 6.07) is 8.17. The zero-order chi connectivity index (χ0) is 20.8. The molecule has 10 heteroatoms. The minimum absolute atomic E-state index is 0.0776. The summed E-state index contributed by atoms with van der Waals surface area (Å²) in [7, 11) is 0. The largest absolute Gasteiger partial charge is 0.444 e. The van der Waals surface area contributed by atoms with Crippen LogP contribution in [-0.2, 0) is 11.3 Å². The molecular weight excluding hydrogens is 379 g/mol. The van der Waals surface area contributed by atoms with Crippen LogP contribution in [0.1, 0.15) is 15.9 Å². The highest BCUT2D eigenvalue weighted by atomic mass is 19.1. The van der Waals surface area contributed by atoms with Gasteiger partial charge in [0.25, 0.3) is 5.91 Å². The molecule has 0 radical (unpaired) electrons. The van der Waals surface area contributed by atoms with Crippen molar-refractivity contribution in [2.45, 2.75) is 6.61 Å². The molecule has 1 fully saturated rings. The molecule has 29 heavy (non-hydrogen) atoms. The number of aromatic nitrogens is 1. The van der Waals surface area contributed by atoms with E-state index in [9.17, 15) is 14.0 Å². The molecule has 2 aromatic rings. The summed E-state index contributed by atoms with van der Waals surface area (Å²) in [5.41, 5.74) is 6.20. The van der Waals surface area contributed by atoms with Gasteiger partial charge in [-0.25, -0.2) is 9.18 Å². The average molecular weight is 400 g/mol. The lowest BCUT2D eigenvalue weighted by molar-refractivity contribution is 0.0746. The number of halogens is 1. The molecule has 152 valence electrons. The van der Waals surface area contributed by atoms with Crippen molar-refractivity contribution in [2.75, 3.05) is 31.1 Å². The van der Waals surface area contributed by atoms with Crippen molar-refractivity contribution in [1.29, 1.82) is 5.41 Å². The molecule has 0 saturated carbocycles. The van der Waals surface area contributed by atoms with E-state index >= 15 is 0 Å². The third kappa shape index (κ3) is 4.98. The first-order valence-electron chi connectivity index (χ1n) is 8.95. The topological polar surface area (TPSA) is 125 Å². The molecule has 0 atom stereocenters. The minimum atomic E-state index is -0.925. The zero-order valence-corrected chi connectivity index (χ0v) is 15.6.